The Morgan fingerprint density at radius 3 is 2.24 bits per heavy atom. The van der Waals surface area contributed by atoms with Gasteiger partial charge in [0.05, 0.1) is 12.2 Å². The highest BCUT2D eigenvalue weighted by Gasteiger charge is 2.33. The fourth-order valence-corrected chi connectivity index (χ4v) is 3.44. The lowest BCUT2D eigenvalue weighted by molar-refractivity contribution is -0.128. The molecular formula is C21H26N2O2. The minimum atomic E-state index is -0.323. The van der Waals surface area contributed by atoms with Crippen LogP contribution in [0, 0.1) is 6.92 Å². The van der Waals surface area contributed by atoms with Crippen molar-refractivity contribution in [1.29, 1.82) is 0 Å². The quantitative estimate of drug-likeness (QED) is 0.922. The molecule has 4 nitrogen and oxygen atoms in total. The first-order chi connectivity index (χ1) is 12.0. The molecule has 0 saturated carbocycles. The first-order valence-corrected chi connectivity index (χ1v) is 8.85. The van der Waals surface area contributed by atoms with E-state index in [-0.39, 0.29) is 24.2 Å². The van der Waals surface area contributed by atoms with E-state index in [1.807, 2.05) is 61.5 Å². The van der Waals surface area contributed by atoms with Crippen LogP contribution in [0.5, 0.6) is 0 Å². The Balaban J connectivity index is 1.85. The van der Waals surface area contributed by atoms with E-state index in [9.17, 15) is 4.79 Å². The molecule has 0 bridgehead atoms. The van der Waals surface area contributed by atoms with Gasteiger partial charge in [0.1, 0.15) is 6.04 Å². The number of rotatable bonds is 4. The van der Waals surface area contributed by atoms with E-state index in [1.54, 1.807) is 0 Å². The third kappa shape index (κ3) is 4.47. The highest BCUT2D eigenvalue weighted by molar-refractivity contribution is 5.95. The molecule has 1 saturated heterocycles. The number of amides is 1. The minimum absolute atomic E-state index is 0.00338. The zero-order chi connectivity index (χ0) is 17.8. The summed E-state index contributed by atoms with van der Waals surface area (Å²) in [6.07, 6.45) is 0.226. The number of ether oxygens (including phenoxy) is 1. The number of benzene rings is 2. The number of anilines is 1. The van der Waals surface area contributed by atoms with Crippen LogP contribution in [-0.4, -0.2) is 36.1 Å². The minimum Gasteiger partial charge on any atom is -0.373 e. The van der Waals surface area contributed by atoms with Crippen molar-refractivity contribution in [3.05, 3.63) is 65.7 Å². The number of nitrogens with one attached hydrogen (secondary N) is 1. The molecule has 2 aromatic carbocycles. The zero-order valence-corrected chi connectivity index (χ0v) is 15.1. The van der Waals surface area contributed by atoms with Crippen LogP contribution in [0.15, 0.2) is 54.6 Å². The molecular weight excluding hydrogens is 312 g/mol. The van der Waals surface area contributed by atoms with Gasteiger partial charge in [0.15, 0.2) is 0 Å². The molecule has 1 aliphatic heterocycles. The molecule has 132 valence electrons. The maximum absolute atomic E-state index is 13.1. The van der Waals surface area contributed by atoms with Gasteiger partial charge in [-0.3, -0.25) is 9.69 Å². The number of hydrogen-bond donors (Lipinski definition) is 1. The van der Waals surface area contributed by atoms with Gasteiger partial charge in [-0.05, 0) is 38.5 Å². The summed E-state index contributed by atoms with van der Waals surface area (Å²) in [6, 6.07) is 17.6. The van der Waals surface area contributed by atoms with Crippen molar-refractivity contribution < 1.29 is 9.53 Å². The van der Waals surface area contributed by atoms with Crippen molar-refractivity contribution in [3.63, 3.8) is 0 Å². The molecule has 25 heavy (non-hydrogen) atoms. The third-order valence-electron chi connectivity index (χ3n) is 4.50. The smallest absolute Gasteiger partial charge is 0.246 e. The maximum atomic E-state index is 13.1. The van der Waals surface area contributed by atoms with Crippen LogP contribution in [0.4, 0.5) is 5.69 Å². The Hall–Kier alpha value is -2.17. The number of nitrogens with zero attached hydrogens (tertiary/aromatic N) is 1. The van der Waals surface area contributed by atoms with Crippen molar-refractivity contribution in [3.8, 4) is 0 Å². The van der Waals surface area contributed by atoms with Crippen LogP contribution in [-0.2, 0) is 9.53 Å². The SMILES string of the molecule is Cc1ccc(NC(=O)C(c2ccccc2)N2CC(C)OC(C)C2)cc1. The van der Waals surface area contributed by atoms with Crippen molar-refractivity contribution in [2.75, 3.05) is 18.4 Å². The van der Waals surface area contributed by atoms with Crippen LogP contribution in [0.2, 0.25) is 0 Å². The van der Waals surface area contributed by atoms with Gasteiger partial charge in [0.25, 0.3) is 0 Å². The average Bonchev–Trinajstić information content (AvgIpc) is 2.57. The summed E-state index contributed by atoms with van der Waals surface area (Å²) in [7, 11) is 0. The van der Waals surface area contributed by atoms with Crippen LogP contribution in [0.25, 0.3) is 0 Å². The molecule has 0 radical (unpaired) electrons. The largest absolute Gasteiger partial charge is 0.373 e. The predicted molar refractivity (Wildman–Crippen MR) is 101 cm³/mol. The van der Waals surface area contributed by atoms with E-state index in [4.69, 9.17) is 4.74 Å². The summed E-state index contributed by atoms with van der Waals surface area (Å²) in [6.45, 7) is 7.64. The lowest BCUT2D eigenvalue weighted by Crippen LogP contribution is -2.49. The van der Waals surface area contributed by atoms with Gasteiger partial charge in [-0.1, -0.05) is 48.0 Å². The van der Waals surface area contributed by atoms with E-state index in [0.29, 0.717) is 0 Å². The highest BCUT2D eigenvalue weighted by Crippen LogP contribution is 2.26. The molecule has 2 aromatic rings. The maximum Gasteiger partial charge on any atom is 0.246 e. The molecule has 4 heteroatoms. The van der Waals surface area contributed by atoms with Crippen LogP contribution in [0.3, 0.4) is 0 Å². The van der Waals surface area contributed by atoms with Gasteiger partial charge in [-0.15, -0.1) is 0 Å². The Morgan fingerprint density at radius 1 is 1.04 bits per heavy atom. The van der Waals surface area contributed by atoms with E-state index >= 15 is 0 Å². The van der Waals surface area contributed by atoms with E-state index in [0.717, 1.165) is 24.3 Å². The van der Waals surface area contributed by atoms with E-state index < -0.39 is 0 Å². The Labute approximate surface area is 149 Å². The topological polar surface area (TPSA) is 41.6 Å². The fourth-order valence-electron chi connectivity index (χ4n) is 3.44. The van der Waals surface area contributed by atoms with Gasteiger partial charge in [0, 0.05) is 18.8 Å². The van der Waals surface area contributed by atoms with Crippen LogP contribution >= 0.6 is 0 Å². The number of morpholine rings is 1. The lowest BCUT2D eigenvalue weighted by Gasteiger charge is -2.39. The normalized spacial score (nSPS) is 22.4. The summed E-state index contributed by atoms with van der Waals surface area (Å²) in [5, 5.41) is 3.07. The number of aryl methyl sites for hydroxylation is 1. The molecule has 0 aromatic heterocycles. The van der Waals surface area contributed by atoms with Crippen LogP contribution < -0.4 is 5.32 Å². The second kappa shape index (κ2) is 7.81. The second-order valence-electron chi connectivity index (χ2n) is 6.88. The van der Waals surface area contributed by atoms with Crippen molar-refractivity contribution in [1.82, 2.24) is 4.90 Å². The Kier molecular flexibility index (Phi) is 5.51. The molecule has 0 spiro atoms. The van der Waals surface area contributed by atoms with Crippen molar-refractivity contribution >= 4 is 11.6 Å². The van der Waals surface area contributed by atoms with Gasteiger partial charge in [-0.2, -0.15) is 0 Å². The summed E-state index contributed by atoms with van der Waals surface area (Å²) >= 11 is 0. The predicted octanol–water partition coefficient (Wildman–Crippen LogP) is 3.78. The molecule has 1 heterocycles. The first kappa shape index (κ1) is 17.6. The number of carbonyl (C=O) groups is 1. The van der Waals surface area contributed by atoms with Gasteiger partial charge in [0.2, 0.25) is 5.91 Å². The molecule has 3 rings (SSSR count). The van der Waals surface area contributed by atoms with Gasteiger partial charge >= 0.3 is 0 Å². The third-order valence-corrected chi connectivity index (χ3v) is 4.50. The molecule has 0 aliphatic carbocycles. The first-order valence-electron chi connectivity index (χ1n) is 8.85. The zero-order valence-electron chi connectivity index (χ0n) is 15.1. The Morgan fingerprint density at radius 2 is 1.64 bits per heavy atom. The molecule has 1 N–H and O–H groups in total. The Bertz CT molecular complexity index is 690. The van der Waals surface area contributed by atoms with E-state index in [1.165, 1.54) is 5.56 Å². The monoisotopic (exact) mass is 338 g/mol. The molecule has 1 aliphatic rings. The molecule has 3 atom stereocenters. The summed E-state index contributed by atoms with van der Waals surface area (Å²) in [5.74, 6) is -0.00338. The van der Waals surface area contributed by atoms with Gasteiger partial charge < -0.3 is 10.1 Å². The standard InChI is InChI=1S/C21H26N2O2/c1-15-9-11-19(12-10-15)22-21(24)20(18-7-5-4-6-8-18)23-13-16(2)25-17(3)14-23/h4-12,16-17,20H,13-14H2,1-3H3,(H,22,24). The van der Waals surface area contributed by atoms with Crippen molar-refractivity contribution in [2.24, 2.45) is 0 Å². The number of carbonyl (C=O) groups excluding carboxylic acids is 1. The van der Waals surface area contributed by atoms with Crippen molar-refractivity contribution in [2.45, 2.75) is 39.0 Å². The number of hydrogen-bond acceptors (Lipinski definition) is 3. The average molecular weight is 338 g/mol. The molecule has 1 amide bonds. The molecule has 1 fully saturated rings. The van der Waals surface area contributed by atoms with E-state index in [2.05, 4.69) is 24.1 Å². The fraction of sp³-hybridized carbons (Fsp3) is 0.381. The second-order valence-corrected chi connectivity index (χ2v) is 6.88. The summed E-state index contributed by atoms with van der Waals surface area (Å²) in [5.41, 5.74) is 3.01. The molecule has 3 unspecified atom stereocenters. The highest BCUT2D eigenvalue weighted by atomic mass is 16.5. The summed E-state index contributed by atoms with van der Waals surface area (Å²) < 4.78 is 5.84. The van der Waals surface area contributed by atoms with Gasteiger partial charge in [-0.25, -0.2) is 0 Å². The summed E-state index contributed by atoms with van der Waals surface area (Å²) in [4.78, 5) is 15.3. The van der Waals surface area contributed by atoms with Crippen LogP contribution in [0.1, 0.15) is 31.0 Å². The lowest BCUT2D eigenvalue weighted by atomic mass is 10.0.